The highest BCUT2D eigenvalue weighted by Crippen LogP contribution is 2.46. The molecule has 1 aliphatic rings. The fourth-order valence-corrected chi connectivity index (χ4v) is 4.57. The molecule has 2 unspecified atom stereocenters. The van der Waals surface area contributed by atoms with Gasteiger partial charge in [0.15, 0.2) is 0 Å². The van der Waals surface area contributed by atoms with Crippen LogP contribution in [0.2, 0.25) is 0 Å². The standard InChI is InChI=1S/C20H18FN3O2S/c1-11-17-18(13-5-3-8-16(25)9-13)27-12(2)20(26)22-19(17)24(23-11)15-7-4-6-14(21)10-15/h3-10,12,18,25H,1-2H3,(H,22,26). The van der Waals surface area contributed by atoms with Crippen LogP contribution < -0.4 is 5.32 Å². The molecule has 7 heteroatoms. The van der Waals surface area contributed by atoms with Crippen LogP contribution in [0.15, 0.2) is 48.5 Å². The molecule has 2 N–H and O–H groups in total. The van der Waals surface area contributed by atoms with E-state index in [1.165, 1.54) is 23.9 Å². The van der Waals surface area contributed by atoms with E-state index in [1.807, 2.05) is 19.9 Å². The van der Waals surface area contributed by atoms with Gasteiger partial charge < -0.3 is 10.4 Å². The fraction of sp³-hybridized carbons (Fsp3) is 0.200. The van der Waals surface area contributed by atoms with E-state index in [0.29, 0.717) is 11.5 Å². The van der Waals surface area contributed by atoms with E-state index in [-0.39, 0.29) is 28.0 Å². The summed E-state index contributed by atoms with van der Waals surface area (Å²) in [6, 6.07) is 13.1. The number of anilines is 1. The summed E-state index contributed by atoms with van der Waals surface area (Å²) in [5.41, 5.74) is 3.01. The van der Waals surface area contributed by atoms with Gasteiger partial charge in [-0.3, -0.25) is 4.79 Å². The van der Waals surface area contributed by atoms with Crippen LogP contribution in [0, 0.1) is 12.7 Å². The number of thioether (sulfide) groups is 1. The maximum Gasteiger partial charge on any atom is 0.238 e. The van der Waals surface area contributed by atoms with Crippen molar-refractivity contribution in [3.05, 3.63) is 71.2 Å². The number of fused-ring (bicyclic) bond motifs is 1. The number of phenolic OH excluding ortho intramolecular Hbond substituents is 1. The number of nitrogens with one attached hydrogen (secondary N) is 1. The first-order chi connectivity index (χ1) is 12.9. The molecule has 0 fully saturated rings. The number of hydrogen-bond acceptors (Lipinski definition) is 4. The van der Waals surface area contributed by atoms with E-state index in [1.54, 1.807) is 35.0 Å². The van der Waals surface area contributed by atoms with Crippen molar-refractivity contribution in [1.29, 1.82) is 0 Å². The number of amides is 1. The third-order valence-electron chi connectivity index (χ3n) is 4.55. The van der Waals surface area contributed by atoms with Crippen LogP contribution in [0.5, 0.6) is 5.75 Å². The first-order valence-corrected chi connectivity index (χ1v) is 9.49. The Kier molecular flexibility index (Phi) is 4.39. The Bertz CT molecular complexity index is 1030. The molecule has 2 aromatic carbocycles. The Labute approximate surface area is 160 Å². The normalized spacial score (nSPS) is 19.3. The molecule has 0 radical (unpaired) electrons. The maximum absolute atomic E-state index is 13.7. The lowest BCUT2D eigenvalue weighted by atomic mass is 10.0. The van der Waals surface area contributed by atoms with Gasteiger partial charge in [-0.2, -0.15) is 5.10 Å². The summed E-state index contributed by atoms with van der Waals surface area (Å²) in [6.07, 6.45) is 0. The summed E-state index contributed by atoms with van der Waals surface area (Å²) in [6.45, 7) is 3.71. The second-order valence-electron chi connectivity index (χ2n) is 6.48. The number of rotatable bonds is 2. The number of benzene rings is 2. The topological polar surface area (TPSA) is 67.1 Å². The number of aryl methyl sites for hydroxylation is 1. The third-order valence-corrected chi connectivity index (χ3v) is 5.95. The summed E-state index contributed by atoms with van der Waals surface area (Å²) in [7, 11) is 0. The van der Waals surface area contributed by atoms with Crippen LogP contribution in [-0.4, -0.2) is 26.0 Å². The van der Waals surface area contributed by atoms with E-state index in [2.05, 4.69) is 10.4 Å². The predicted molar refractivity (Wildman–Crippen MR) is 104 cm³/mol. The van der Waals surface area contributed by atoms with Crippen LogP contribution in [-0.2, 0) is 4.79 Å². The molecule has 0 bridgehead atoms. The van der Waals surface area contributed by atoms with E-state index < -0.39 is 0 Å². The van der Waals surface area contributed by atoms with Crippen molar-refractivity contribution in [2.75, 3.05) is 5.32 Å². The van der Waals surface area contributed by atoms with Gasteiger partial charge >= 0.3 is 0 Å². The van der Waals surface area contributed by atoms with Crippen molar-refractivity contribution >= 4 is 23.5 Å². The van der Waals surface area contributed by atoms with E-state index in [0.717, 1.165) is 16.8 Å². The number of aromatic hydroxyl groups is 1. The van der Waals surface area contributed by atoms with Crippen LogP contribution in [0.1, 0.15) is 29.0 Å². The summed E-state index contributed by atoms with van der Waals surface area (Å²) in [5, 5.41) is 16.9. The van der Waals surface area contributed by atoms with Gasteiger partial charge in [0.25, 0.3) is 0 Å². The van der Waals surface area contributed by atoms with Gasteiger partial charge in [0.2, 0.25) is 5.91 Å². The first kappa shape index (κ1) is 17.6. The number of halogens is 1. The Balaban J connectivity index is 1.93. The molecule has 1 amide bonds. The number of nitrogens with zero attached hydrogens (tertiary/aromatic N) is 2. The third kappa shape index (κ3) is 3.19. The average Bonchev–Trinajstić information content (AvgIpc) is 2.88. The molecule has 5 nitrogen and oxygen atoms in total. The molecule has 27 heavy (non-hydrogen) atoms. The quantitative estimate of drug-likeness (QED) is 0.696. The fourth-order valence-electron chi connectivity index (χ4n) is 3.25. The minimum absolute atomic E-state index is 0.138. The van der Waals surface area contributed by atoms with Gasteiger partial charge in [0.05, 0.1) is 21.9 Å². The van der Waals surface area contributed by atoms with Crippen LogP contribution in [0.3, 0.4) is 0 Å². The lowest BCUT2D eigenvalue weighted by molar-refractivity contribution is -0.115. The summed E-state index contributed by atoms with van der Waals surface area (Å²) in [4.78, 5) is 12.6. The number of phenols is 1. The molecule has 3 aromatic rings. The Hall–Kier alpha value is -2.80. The molecule has 0 spiro atoms. The second kappa shape index (κ2) is 6.74. The van der Waals surface area contributed by atoms with Gasteiger partial charge in [-0.1, -0.05) is 18.2 Å². The largest absolute Gasteiger partial charge is 0.508 e. The van der Waals surface area contributed by atoms with E-state index >= 15 is 0 Å². The molecular weight excluding hydrogens is 365 g/mol. The number of carbonyl (C=O) groups excluding carboxylic acids is 1. The molecule has 2 heterocycles. The van der Waals surface area contributed by atoms with Gasteiger partial charge in [-0.05, 0) is 49.7 Å². The van der Waals surface area contributed by atoms with Gasteiger partial charge in [0, 0.05) is 5.56 Å². The van der Waals surface area contributed by atoms with Gasteiger partial charge in [-0.25, -0.2) is 9.07 Å². The second-order valence-corrected chi connectivity index (χ2v) is 7.93. The zero-order valence-corrected chi connectivity index (χ0v) is 15.6. The summed E-state index contributed by atoms with van der Waals surface area (Å²) < 4.78 is 15.3. The van der Waals surface area contributed by atoms with Gasteiger partial charge in [-0.15, -0.1) is 11.8 Å². The summed E-state index contributed by atoms with van der Waals surface area (Å²) in [5.74, 6) is 0.192. The molecule has 4 rings (SSSR count). The van der Waals surface area contributed by atoms with Crippen molar-refractivity contribution in [2.24, 2.45) is 0 Å². The first-order valence-electron chi connectivity index (χ1n) is 8.55. The van der Waals surface area contributed by atoms with Crippen LogP contribution in [0.4, 0.5) is 10.2 Å². The minimum atomic E-state index is -0.373. The van der Waals surface area contributed by atoms with Crippen molar-refractivity contribution in [3.8, 4) is 11.4 Å². The Morgan fingerprint density at radius 3 is 2.74 bits per heavy atom. The zero-order valence-electron chi connectivity index (χ0n) is 14.8. The number of aromatic nitrogens is 2. The smallest absolute Gasteiger partial charge is 0.238 e. The number of hydrogen-bond donors (Lipinski definition) is 2. The highest BCUT2D eigenvalue weighted by atomic mass is 32.2. The number of carbonyl (C=O) groups is 1. The molecule has 1 aromatic heterocycles. The molecule has 138 valence electrons. The highest BCUT2D eigenvalue weighted by Gasteiger charge is 2.34. The molecule has 1 aliphatic heterocycles. The maximum atomic E-state index is 13.7. The van der Waals surface area contributed by atoms with Gasteiger partial charge in [0.1, 0.15) is 17.4 Å². The lowest BCUT2D eigenvalue weighted by Crippen LogP contribution is -2.22. The minimum Gasteiger partial charge on any atom is -0.508 e. The summed E-state index contributed by atoms with van der Waals surface area (Å²) >= 11 is 1.50. The average molecular weight is 383 g/mol. The SMILES string of the molecule is Cc1nn(-c2cccc(F)c2)c2c1C(c1cccc(O)c1)SC(C)C(=O)N2. The van der Waals surface area contributed by atoms with Crippen molar-refractivity contribution in [2.45, 2.75) is 24.3 Å². The predicted octanol–water partition coefficient (Wildman–Crippen LogP) is 4.19. The monoisotopic (exact) mass is 383 g/mol. The molecule has 0 saturated heterocycles. The molecule has 0 saturated carbocycles. The van der Waals surface area contributed by atoms with E-state index in [4.69, 9.17) is 0 Å². The van der Waals surface area contributed by atoms with Crippen LogP contribution >= 0.6 is 11.8 Å². The Morgan fingerprint density at radius 1 is 1.22 bits per heavy atom. The van der Waals surface area contributed by atoms with E-state index in [9.17, 15) is 14.3 Å². The van der Waals surface area contributed by atoms with Crippen molar-refractivity contribution in [1.82, 2.24) is 9.78 Å². The van der Waals surface area contributed by atoms with Crippen LogP contribution in [0.25, 0.3) is 5.69 Å². The molecule has 2 atom stereocenters. The molecular formula is C20H18FN3O2S. The zero-order chi connectivity index (χ0) is 19.1. The highest BCUT2D eigenvalue weighted by molar-refractivity contribution is 8.01. The lowest BCUT2D eigenvalue weighted by Gasteiger charge is -2.17. The van der Waals surface area contributed by atoms with Crippen molar-refractivity contribution < 1.29 is 14.3 Å². The Morgan fingerprint density at radius 2 is 2.00 bits per heavy atom. The molecule has 0 aliphatic carbocycles. The van der Waals surface area contributed by atoms with Crippen molar-refractivity contribution in [3.63, 3.8) is 0 Å².